The molecule has 0 aliphatic carbocycles. The highest BCUT2D eigenvalue weighted by Gasteiger charge is 2.34. The first kappa shape index (κ1) is 20.7. The summed E-state index contributed by atoms with van der Waals surface area (Å²) in [5.74, 6) is 1.42. The van der Waals surface area contributed by atoms with Crippen molar-refractivity contribution >= 4 is 10.9 Å². The van der Waals surface area contributed by atoms with Crippen molar-refractivity contribution in [3.8, 4) is 0 Å². The van der Waals surface area contributed by atoms with Gasteiger partial charge in [0.15, 0.2) is 5.82 Å². The van der Waals surface area contributed by atoms with Crippen LogP contribution in [0.25, 0.3) is 10.9 Å². The number of piperidine rings is 1. The largest absolute Gasteiger partial charge is 0.321 e. The molecule has 1 saturated heterocycles. The van der Waals surface area contributed by atoms with Crippen LogP contribution in [0.4, 0.5) is 0 Å². The number of nitrogens with one attached hydrogen (secondary N) is 1. The second-order valence-corrected chi connectivity index (χ2v) is 9.78. The average molecular weight is 409 g/mol. The lowest BCUT2D eigenvalue weighted by atomic mass is 9.94. The number of hydrogen-bond donors (Lipinski definition) is 1. The summed E-state index contributed by atoms with van der Waals surface area (Å²) < 4.78 is 1.86. The van der Waals surface area contributed by atoms with E-state index in [4.69, 9.17) is 0 Å². The zero-order valence-electron chi connectivity index (χ0n) is 18.9. The number of benzene rings is 1. The van der Waals surface area contributed by atoms with Gasteiger partial charge in [-0.25, -0.2) is 4.68 Å². The van der Waals surface area contributed by atoms with Crippen molar-refractivity contribution in [2.24, 2.45) is 5.92 Å². The summed E-state index contributed by atoms with van der Waals surface area (Å²) in [7, 11) is 0. The number of H-pyrrole nitrogens is 1. The molecule has 160 valence electrons. The molecule has 3 heterocycles. The normalized spacial score (nSPS) is 17.5. The van der Waals surface area contributed by atoms with Gasteiger partial charge in [-0.3, -0.25) is 9.69 Å². The fourth-order valence-electron chi connectivity index (χ4n) is 4.42. The first-order chi connectivity index (χ1) is 14.2. The third kappa shape index (κ3) is 3.67. The lowest BCUT2D eigenvalue weighted by Gasteiger charge is -2.37. The van der Waals surface area contributed by atoms with E-state index in [2.05, 4.69) is 78.2 Å². The first-order valence-electron chi connectivity index (χ1n) is 10.8. The van der Waals surface area contributed by atoms with Crippen molar-refractivity contribution in [1.29, 1.82) is 0 Å². The van der Waals surface area contributed by atoms with Crippen LogP contribution >= 0.6 is 0 Å². The number of aromatic amines is 1. The molecule has 0 radical (unpaired) electrons. The maximum absolute atomic E-state index is 13.3. The summed E-state index contributed by atoms with van der Waals surface area (Å²) in [5, 5.41) is 13.8. The van der Waals surface area contributed by atoms with E-state index in [9.17, 15) is 4.79 Å². The number of aromatic nitrogens is 5. The second kappa shape index (κ2) is 7.61. The molecule has 1 unspecified atom stereocenters. The minimum Gasteiger partial charge on any atom is -0.321 e. The molecule has 1 aromatic carbocycles. The van der Waals surface area contributed by atoms with E-state index in [0.717, 1.165) is 53.8 Å². The van der Waals surface area contributed by atoms with Gasteiger partial charge in [-0.05, 0) is 94.1 Å². The molecule has 30 heavy (non-hydrogen) atoms. The number of fused-ring (bicyclic) bond motifs is 1. The molecule has 1 N–H and O–H groups in total. The minimum absolute atomic E-state index is 0.0664. The van der Waals surface area contributed by atoms with Crippen LogP contribution in [0, 0.1) is 19.8 Å². The smallest absolute Gasteiger partial charge is 0.253 e. The van der Waals surface area contributed by atoms with Gasteiger partial charge in [0.2, 0.25) is 0 Å². The van der Waals surface area contributed by atoms with Crippen molar-refractivity contribution in [3.05, 3.63) is 51.1 Å². The van der Waals surface area contributed by atoms with Crippen LogP contribution in [0.1, 0.15) is 69.1 Å². The Hall–Kier alpha value is -2.54. The molecule has 4 rings (SSSR count). The van der Waals surface area contributed by atoms with Gasteiger partial charge in [-0.15, -0.1) is 5.10 Å². The third-order valence-electron chi connectivity index (χ3n) is 6.32. The average Bonchev–Trinajstić information content (AvgIpc) is 3.17. The van der Waals surface area contributed by atoms with Crippen LogP contribution in [0.5, 0.6) is 0 Å². The Morgan fingerprint density at radius 3 is 2.47 bits per heavy atom. The molecule has 2 aromatic heterocycles. The molecule has 1 aliphatic rings. The molecular formula is C23H32N6O. The van der Waals surface area contributed by atoms with E-state index in [0.29, 0.717) is 11.5 Å². The van der Waals surface area contributed by atoms with E-state index in [1.165, 1.54) is 0 Å². The number of nitrogens with zero attached hydrogens (tertiary/aromatic N) is 5. The zero-order valence-corrected chi connectivity index (χ0v) is 18.9. The Labute approximate surface area is 177 Å². The minimum atomic E-state index is -0.281. The van der Waals surface area contributed by atoms with Crippen LogP contribution in [0.15, 0.2) is 23.0 Å². The molecule has 1 fully saturated rings. The third-order valence-corrected chi connectivity index (χ3v) is 6.32. The Morgan fingerprint density at radius 1 is 1.13 bits per heavy atom. The molecule has 0 spiro atoms. The Balaban J connectivity index is 1.93. The van der Waals surface area contributed by atoms with Gasteiger partial charge in [0.1, 0.15) is 6.04 Å². The van der Waals surface area contributed by atoms with Crippen molar-refractivity contribution in [1.82, 2.24) is 30.1 Å². The van der Waals surface area contributed by atoms with E-state index in [-0.39, 0.29) is 17.1 Å². The van der Waals surface area contributed by atoms with Gasteiger partial charge in [0.25, 0.3) is 5.56 Å². The molecule has 0 bridgehead atoms. The molecule has 0 amide bonds. The predicted octanol–water partition coefficient (Wildman–Crippen LogP) is 3.71. The van der Waals surface area contributed by atoms with E-state index in [1.54, 1.807) is 0 Å². The molecule has 3 aromatic rings. The highest BCUT2D eigenvalue weighted by Crippen LogP contribution is 2.33. The topological polar surface area (TPSA) is 79.7 Å². The summed E-state index contributed by atoms with van der Waals surface area (Å²) >= 11 is 0. The number of hydrogen-bond acceptors (Lipinski definition) is 5. The molecular weight excluding hydrogens is 376 g/mol. The summed E-state index contributed by atoms with van der Waals surface area (Å²) in [6.07, 6.45) is 2.22. The van der Waals surface area contributed by atoms with Gasteiger partial charge in [0.05, 0.1) is 11.1 Å². The van der Waals surface area contributed by atoms with Crippen LogP contribution in [0.3, 0.4) is 0 Å². The van der Waals surface area contributed by atoms with Gasteiger partial charge in [0, 0.05) is 10.9 Å². The van der Waals surface area contributed by atoms with Crippen LogP contribution in [-0.2, 0) is 5.54 Å². The summed E-state index contributed by atoms with van der Waals surface area (Å²) in [6.45, 7) is 14.5. The molecule has 1 aliphatic heterocycles. The van der Waals surface area contributed by atoms with Gasteiger partial charge < -0.3 is 4.98 Å². The molecule has 7 nitrogen and oxygen atoms in total. The quantitative estimate of drug-likeness (QED) is 0.715. The Morgan fingerprint density at radius 2 is 1.80 bits per heavy atom. The van der Waals surface area contributed by atoms with E-state index >= 15 is 0 Å². The lowest BCUT2D eigenvalue weighted by molar-refractivity contribution is 0.144. The highest BCUT2D eigenvalue weighted by molar-refractivity contribution is 5.85. The zero-order chi connectivity index (χ0) is 21.6. The highest BCUT2D eigenvalue weighted by atomic mass is 16.1. The number of rotatable bonds is 3. The monoisotopic (exact) mass is 408 g/mol. The fraction of sp³-hybridized carbons (Fsp3) is 0.565. The van der Waals surface area contributed by atoms with Crippen molar-refractivity contribution in [3.63, 3.8) is 0 Å². The van der Waals surface area contributed by atoms with E-state index in [1.807, 2.05) is 11.6 Å². The number of aryl methyl sites for hydroxylation is 2. The summed E-state index contributed by atoms with van der Waals surface area (Å²) in [4.78, 5) is 18.9. The number of tetrazole rings is 1. The van der Waals surface area contributed by atoms with Gasteiger partial charge in [-0.2, -0.15) is 0 Å². The molecule has 0 saturated carbocycles. The Kier molecular flexibility index (Phi) is 5.26. The SMILES string of the molecule is Cc1ccc(C)c2[nH]c(=O)c(C(c3nnnn3C(C)(C)C)N3CCC(C)CC3)cc12. The van der Waals surface area contributed by atoms with Crippen molar-refractivity contribution < 1.29 is 0 Å². The maximum atomic E-state index is 13.3. The van der Waals surface area contributed by atoms with E-state index < -0.39 is 0 Å². The molecule has 1 atom stereocenters. The van der Waals surface area contributed by atoms with Crippen LogP contribution in [-0.4, -0.2) is 43.2 Å². The summed E-state index contributed by atoms with van der Waals surface area (Å²) in [5.41, 5.74) is 3.49. The summed E-state index contributed by atoms with van der Waals surface area (Å²) in [6, 6.07) is 5.94. The second-order valence-electron chi connectivity index (χ2n) is 9.78. The predicted molar refractivity (Wildman–Crippen MR) is 119 cm³/mol. The lowest BCUT2D eigenvalue weighted by Crippen LogP contribution is -2.41. The van der Waals surface area contributed by atoms with Crippen LogP contribution in [0.2, 0.25) is 0 Å². The van der Waals surface area contributed by atoms with Gasteiger partial charge >= 0.3 is 0 Å². The van der Waals surface area contributed by atoms with Crippen LogP contribution < -0.4 is 5.56 Å². The van der Waals surface area contributed by atoms with Gasteiger partial charge in [-0.1, -0.05) is 19.1 Å². The molecule has 7 heteroatoms. The standard InChI is InChI=1S/C23H32N6O/c1-14-9-11-28(12-10-14)20(21-25-26-27-29(21)23(4,5)6)18-13-17-15(2)7-8-16(3)19(17)24-22(18)30/h7-8,13-14,20H,9-12H2,1-6H3,(H,24,30). The van der Waals surface area contributed by atoms with Crippen molar-refractivity contribution in [2.45, 2.75) is 66.0 Å². The number of pyridine rings is 1. The first-order valence-corrected chi connectivity index (χ1v) is 10.8. The fourth-order valence-corrected chi connectivity index (χ4v) is 4.42. The van der Waals surface area contributed by atoms with Crippen molar-refractivity contribution in [2.75, 3.05) is 13.1 Å². The number of likely N-dealkylation sites (tertiary alicyclic amines) is 1. The maximum Gasteiger partial charge on any atom is 0.253 e. The Bertz CT molecular complexity index is 1110.